The molecule has 1 aromatic heterocycles. The van der Waals surface area contributed by atoms with E-state index < -0.39 is 0 Å². The van der Waals surface area contributed by atoms with Crippen LogP contribution in [0.2, 0.25) is 0 Å². The van der Waals surface area contributed by atoms with Gasteiger partial charge < -0.3 is 10.5 Å². The van der Waals surface area contributed by atoms with Gasteiger partial charge in [0.1, 0.15) is 23.6 Å². The minimum absolute atomic E-state index is 0.117. The van der Waals surface area contributed by atoms with Crippen LogP contribution < -0.4 is 5.73 Å². The van der Waals surface area contributed by atoms with Crippen LogP contribution in [0.4, 0.5) is 5.82 Å². The lowest BCUT2D eigenvalue weighted by Gasteiger charge is -2.28. The Morgan fingerprint density at radius 1 is 1.32 bits per heavy atom. The van der Waals surface area contributed by atoms with Gasteiger partial charge in [-0.2, -0.15) is 5.26 Å². The fourth-order valence-corrected chi connectivity index (χ4v) is 2.83. The molecule has 0 aromatic carbocycles. The van der Waals surface area contributed by atoms with Crippen LogP contribution in [0.5, 0.6) is 0 Å². The SMILES string of the molecule is COC(c1nc(C)c(C#N)c(N)n1)C1CCCCC1. The molecule has 0 amide bonds. The largest absolute Gasteiger partial charge is 0.382 e. The summed E-state index contributed by atoms with van der Waals surface area (Å²) < 4.78 is 5.60. The predicted molar refractivity (Wildman–Crippen MR) is 72.2 cm³/mol. The van der Waals surface area contributed by atoms with Gasteiger partial charge in [0.15, 0.2) is 5.82 Å². The first-order valence-electron chi connectivity index (χ1n) is 6.74. The summed E-state index contributed by atoms with van der Waals surface area (Å²) in [5.74, 6) is 1.32. The zero-order valence-corrected chi connectivity index (χ0v) is 11.5. The molecule has 1 saturated carbocycles. The van der Waals surface area contributed by atoms with Crippen molar-refractivity contribution in [2.75, 3.05) is 12.8 Å². The molecule has 19 heavy (non-hydrogen) atoms. The molecule has 0 radical (unpaired) electrons. The zero-order chi connectivity index (χ0) is 13.8. The van der Waals surface area contributed by atoms with Crippen LogP contribution in [0.15, 0.2) is 0 Å². The number of aromatic nitrogens is 2. The number of hydrogen-bond acceptors (Lipinski definition) is 5. The Morgan fingerprint density at radius 3 is 2.53 bits per heavy atom. The summed E-state index contributed by atoms with van der Waals surface area (Å²) >= 11 is 0. The average molecular weight is 260 g/mol. The molecule has 1 unspecified atom stereocenters. The predicted octanol–water partition coefficient (Wildman–Crippen LogP) is 2.51. The Balaban J connectivity index is 2.30. The van der Waals surface area contributed by atoms with E-state index in [0.717, 1.165) is 12.8 Å². The van der Waals surface area contributed by atoms with E-state index in [0.29, 0.717) is 23.0 Å². The van der Waals surface area contributed by atoms with Crippen molar-refractivity contribution in [3.63, 3.8) is 0 Å². The minimum atomic E-state index is -0.117. The first-order valence-corrected chi connectivity index (χ1v) is 6.74. The van der Waals surface area contributed by atoms with E-state index in [1.165, 1.54) is 19.3 Å². The van der Waals surface area contributed by atoms with Gasteiger partial charge in [-0.05, 0) is 25.7 Å². The van der Waals surface area contributed by atoms with Gasteiger partial charge in [-0.1, -0.05) is 19.3 Å². The monoisotopic (exact) mass is 260 g/mol. The van der Waals surface area contributed by atoms with Crippen LogP contribution in [-0.2, 0) is 4.74 Å². The van der Waals surface area contributed by atoms with Gasteiger partial charge in [-0.15, -0.1) is 0 Å². The van der Waals surface area contributed by atoms with Crippen molar-refractivity contribution < 1.29 is 4.74 Å². The Morgan fingerprint density at radius 2 is 2.00 bits per heavy atom. The fourth-order valence-electron chi connectivity index (χ4n) is 2.83. The lowest BCUT2D eigenvalue weighted by molar-refractivity contribution is 0.0289. The Kier molecular flexibility index (Phi) is 4.33. The van der Waals surface area contributed by atoms with Crippen molar-refractivity contribution in [1.29, 1.82) is 5.26 Å². The highest BCUT2D eigenvalue weighted by molar-refractivity contribution is 5.50. The third-order valence-electron chi connectivity index (χ3n) is 3.83. The number of anilines is 1. The topological polar surface area (TPSA) is 84.8 Å². The van der Waals surface area contributed by atoms with Crippen LogP contribution in [0.25, 0.3) is 0 Å². The van der Waals surface area contributed by atoms with Crippen LogP contribution in [-0.4, -0.2) is 17.1 Å². The number of methoxy groups -OCH3 is 1. The molecule has 0 spiro atoms. The molecule has 0 saturated heterocycles. The van der Waals surface area contributed by atoms with E-state index in [9.17, 15) is 0 Å². The quantitative estimate of drug-likeness (QED) is 0.902. The van der Waals surface area contributed by atoms with Crippen LogP contribution >= 0.6 is 0 Å². The molecule has 2 rings (SSSR count). The van der Waals surface area contributed by atoms with Gasteiger partial charge in [0.05, 0.1) is 5.69 Å². The van der Waals surface area contributed by atoms with Gasteiger partial charge in [0, 0.05) is 7.11 Å². The molecule has 2 N–H and O–H groups in total. The molecular weight excluding hydrogens is 240 g/mol. The summed E-state index contributed by atoms with van der Waals surface area (Å²) in [5, 5.41) is 8.99. The Labute approximate surface area is 113 Å². The molecule has 1 heterocycles. The summed E-state index contributed by atoms with van der Waals surface area (Å²) in [5.41, 5.74) is 6.82. The highest BCUT2D eigenvalue weighted by Gasteiger charge is 2.28. The van der Waals surface area contributed by atoms with E-state index >= 15 is 0 Å². The Hall–Kier alpha value is -1.67. The van der Waals surface area contributed by atoms with Crippen molar-refractivity contribution in [2.45, 2.75) is 45.1 Å². The van der Waals surface area contributed by atoms with Crippen molar-refractivity contribution in [2.24, 2.45) is 5.92 Å². The number of hydrogen-bond donors (Lipinski definition) is 1. The molecule has 5 nitrogen and oxygen atoms in total. The normalized spacial score (nSPS) is 17.9. The number of aryl methyl sites for hydroxylation is 1. The molecule has 0 aliphatic heterocycles. The maximum atomic E-state index is 8.99. The molecule has 1 atom stereocenters. The summed E-state index contributed by atoms with van der Waals surface area (Å²) in [6, 6.07) is 2.04. The molecule has 102 valence electrons. The van der Waals surface area contributed by atoms with Crippen LogP contribution in [0, 0.1) is 24.2 Å². The molecular formula is C14H20N4O. The minimum Gasteiger partial charge on any atom is -0.382 e. The maximum Gasteiger partial charge on any atom is 0.160 e. The van der Waals surface area contributed by atoms with E-state index in [2.05, 4.69) is 9.97 Å². The lowest BCUT2D eigenvalue weighted by atomic mass is 9.85. The summed E-state index contributed by atoms with van der Waals surface area (Å²) in [6.07, 6.45) is 5.92. The molecule has 1 aliphatic carbocycles. The number of nitrogen functional groups attached to an aromatic ring is 1. The van der Waals surface area contributed by atoms with Gasteiger partial charge in [0.25, 0.3) is 0 Å². The molecule has 1 aromatic rings. The van der Waals surface area contributed by atoms with E-state index in [-0.39, 0.29) is 11.9 Å². The number of nitrogens with zero attached hydrogens (tertiary/aromatic N) is 3. The highest BCUT2D eigenvalue weighted by atomic mass is 16.5. The first kappa shape index (κ1) is 13.8. The molecule has 1 aliphatic rings. The summed E-state index contributed by atoms with van der Waals surface area (Å²) in [4.78, 5) is 8.68. The third-order valence-corrected chi connectivity index (χ3v) is 3.83. The fraction of sp³-hybridized carbons (Fsp3) is 0.643. The number of rotatable bonds is 3. The van der Waals surface area contributed by atoms with Crippen molar-refractivity contribution >= 4 is 5.82 Å². The molecule has 1 fully saturated rings. The second-order valence-electron chi connectivity index (χ2n) is 5.09. The zero-order valence-electron chi connectivity index (χ0n) is 11.5. The average Bonchev–Trinajstić information content (AvgIpc) is 2.40. The number of nitriles is 1. The van der Waals surface area contributed by atoms with Crippen molar-refractivity contribution in [3.8, 4) is 6.07 Å². The van der Waals surface area contributed by atoms with E-state index in [1.54, 1.807) is 14.0 Å². The van der Waals surface area contributed by atoms with Crippen molar-refractivity contribution in [1.82, 2.24) is 9.97 Å². The maximum absolute atomic E-state index is 8.99. The van der Waals surface area contributed by atoms with Gasteiger partial charge in [0.2, 0.25) is 0 Å². The second-order valence-corrected chi connectivity index (χ2v) is 5.09. The van der Waals surface area contributed by atoms with Crippen molar-refractivity contribution in [3.05, 3.63) is 17.1 Å². The Bertz CT molecular complexity index is 466. The lowest BCUT2D eigenvalue weighted by Crippen LogP contribution is -2.21. The highest BCUT2D eigenvalue weighted by Crippen LogP contribution is 2.35. The number of nitrogens with two attached hydrogens (primary N) is 1. The van der Waals surface area contributed by atoms with Crippen LogP contribution in [0.3, 0.4) is 0 Å². The summed E-state index contributed by atoms with van der Waals surface area (Å²) in [6.45, 7) is 1.79. The standard InChI is InChI=1S/C14H20N4O/c1-9-11(8-15)13(16)18-14(17-9)12(19-2)10-6-4-3-5-7-10/h10,12H,3-7H2,1-2H3,(H2,16,17,18). The van der Waals surface area contributed by atoms with E-state index in [4.69, 9.17) is 15.7 Å². The summed E-state index contributed by atoms with van der Waals surface area (Å²) in [7, 11) is 1.69. The first-order chi connectivity index (χ1) is 9.17. The molecule has 5 heteroatoms. The van der Waals surface area contributed by atoms with E-state index in [1.807, 2.05) is 6.07 Å². The smallest absolute Gasteiger partial charge is 0.160 e. The third kappa shape index (κ3) is 2.85. The number of ether oxygens (including phenoxy) is 1. The second kappa shape index (κ2) is 5.98. The van der Waals surface area contributed by atoms with Crippen LogP contribution in [0.1, 0.15) is 55.3 Å². The van der Waals surface area contributed by atoms with Gasteiger partial charge in [-0.25, -0.2) is 9.97 Å². The van der Waals surface area contributed by atoms with Gasteiger partial charge >= 0.3 is 0 Å². The molecule has 0 bridgehead atoms. The van der Waals surface area contributed by atoms with Gasteiger partial charge in [-0.3, -0.25) is 0 Å².